The lowest BCUT2D eigenvalue weighted by molar-refractivity contribution is 0.266. The Hall–Kier alpha value is -1.23. The largest absolute Gasteiger partial charge is 0.394 e. The summed E-state index contributed by atoms with van der Waals surface area (Å²) < 4.78 is 2.08. The molecule has 1 aliphatic heterocycles. The van der Waals surface area contributed by atoms with E-state index in [0.29, 0.717) is 12.0 Å². The van der Waals surface area contributed by atoms with Gasteiger partial charge in [0.15, 0.2) is 5.82 Å². The lowest BCUT2D eigenvalue weighted by Crippen LogP contribution is -2.34. The van der Waals surface area contributed by atoms with Crippen LogP contribution in [0.2, 0.25) is 0 Å². The third-order valence-corrected chi connectivity index (χ3v) is 4.12. The lowest BCUT2D eigenvalue weighted by atomic mass is 10.1. The number of rotatable bonds is 4. The summed E-state index contributed by atoms with van der Waals surface area (Å²) in [6.45, 7) is 9.51. The Kier molecular flexibility index (Phi) is 4.04. The summed E-state index contributed by atoms with van der Waals surface area (Å²) in [5, 5.41) is 4.58. The van der Waals surface area contributed by atoms with Gasteiger partial charge >= 0.3 is 0 Å². The highest BCUT2D eigenvalue weighted by Gasteiger charge is 2.33. The zero-order valence-electron chi connectivity index (χ0n) is 12.8. The van der Waals surface area contributed by atoms with Gasteiger partial charge in [-0.2, -0.15) is 5.10 Å². The maximum atomic E-state index is 6.24. The average molecular weight is 265 g/mol. The molecular weight excluding hydrogens is 238 g/mol. The van der Waals surface area contributed by atoms with Crippen LogP contribution in [0.5, 0.6) is 0 Å². The number of nitrogen functional groups attached to an aromatic ring is 1. The first-order valence-electron chi connectivity index (χ1n) is 7.20. The van der Waals surface area contributed by atoms with Crippen molar-refractivity contribution in [3.8, 4) is 0 Å². The first-order chi connectivity index (χ1) is 8.95. The summed E-state index contributed by atoms with van der Waals surface area (Å²) in [6.07, 6.45) is 1.08. The molecule has 5 heteroatoms. The highest BCUT2D eigenvalue weighted by Crippen LogP contribution is 2.32. The zero-order valence-corrected chi connectivity index (χ0v) is 12.8. The predicted molar refractivity (Wildman–Crippen MR) is 80.5 cm³/mol. The van der Waals surface area contributed by atoms with Crippen LogP contribution in [-0.4, -0.2) is 47.9 Å². The van der Waals surface area contributed by atoms with Crippen molar-refractivity contribution in [3.63, 3.8) is 0 Å². The molecule has 0 amide bonds. The molecule has 0 radical (unpaired) electrons. The van der Waals surface area contributed by atoms with Gasteiger partial charge in [-0.1, -0.05) is 13.8 Å². The number of likely N-dealkylation sites (N-methyl/N-ethyl adjacent to an activating group) is 1. The summed E-state index contributed by atoms with van der Waals surface area (Å²) in [4.78, 5) is 4.72. The van der Waals surface area contributed by atoms with Gasteiger partial charge in [0.2, 0.25) is 0 Å². The van der Waals surface area contributed by atoms with Crippen LogP contribution >= 0.6 is 0 Å². The van der Waals surface area contributed by atoms with Gasteiger partial charge in [-0.25, -0.2) is 4.68 Å². The molecule has 108 valence electrons. The summed E-state index contributed by atoms with van der Waals surface area (Å²) in [5.41, 5.74) is 8.04. The fourth-order valence-corrected chi connectivity index (χ4v) is 3.08. The SMILES string of the molecule is CCCn1nc(C)c(N)c1N1CC(C)C(N(C)C)C1. The van der Waals surface area contributed by atoms with Crippen LogP contribution in [0, 0.1) is 12.8 Å². The molecule has 1 fully saturated rings. The van der Waals surface area contributed by atoms with E-state index >= 15 is 0 Å². The minimum absolute atomic E-state index is 0.588. The average Bonchev–Trinajstić information content (AvgIpc) is 2.82. The number of hydrogen-bond donors (Lipinski definition) is 1. The van der Waals surface area contributed by atoms with E-state index in [2.05, 4.69) is 47.5 Å². The van der Waals surface area contributed by atoms with Crippen molar-refractivity contribution in [3.05, 3.63) is 5.69 Å². The highest BCUT2D eigenvalue weighted by atomic mass is 15.4. The van der Waals surface area contributed by atoms with Gasteiger partial charge < -0.3 is 15.5 Å². The second kappa shape index (κ2) is 5.41. The molecular formula is C14H27N5. The van der Waals surface area contributed by atoms with Gasteiger partial charge in [0.1, 0.15) is 0 Å². The van der Waals surface area contributed by atoms with E-state index in [0.717, 1.165) is 43.3 Å². The highest BCUT2D eigenvalue weighted by molar-refractivity contribution is 5.66. The van der Waals surface area contributed by atoms with Crippen LogP contribution in [0.1, 0.15) is 26.0 Å². The molecule has 1 aromatic heterocycles. The predicted octanol–water partition coefficient (Wildman–Crippen LogP) is 1.57. The smallest absolute Gasteiger partial charge is 0.150 e. The number of aryl methyl sites for hydroxylation is 2. The Bertz CT molecular complexity index is 437. The quantitative estimate of drug-likeness (QED) is 0.898. The van der Waals surface area contributed by atoms with Gasteiger partial charge in [0.25, 0.3) is 0 Å². The minimum atomic E-state index is 0.588. The number of anilines is 2. The molecule has 0 aromatic carbocycles. The van der Waals surface area contributed by atoms with Crippen molar-refractivity contribution < 1.29 is 0 Å². The standard InChI is InChI=1S/C14H27N5/c1-6-7-19-14(13(15)11(3)16-19)18-8-10(2)12(9-18)17(4)5/h10,12H,6-9,15H2,1-5H3. The van der Waals surface area contributed by atoms with Gasteiger partial charge in [-0.05, 0) is 33.4 Å². The van der Waals surface area contributed by atoms with Gasteiger partial charge in [-0.15, -0.1) is 0 Å². The van der Waals surface area contributed by atoms with Crippen LogP contribution < -0.4 is 10.6 Å². The van der Waals surface area contributed by atoms with Crippen LogP contribution in [0.15, 0.2) is 0 Å². The Balaban J connectivity index is 2.27. The molecule has 2 heterocycles. The maximum Gasteiger partial charge on any atom is 0.150 e. The summed E-state index contributed by atoms with van der Waals surface area (Å²) in [6, 6.07) is 0.588. The van der Waals surface area contributed by atoms with E-state index in [1.54, 1.807) is 0 Å². The molecule has 0 spiro atoms. The molecule has 1 aromatic rings. The van der Waals surface area contributed by atoms with E-state index in [4.69, 9.17) is 5.73 Å². The molecule has 5 nitrogen and oxygen atoms in total. The lowest BCUT2D eigenvalue weighted by Gasteiger charge is -2.23. The van der Waals surface area contributed by atoms with Crippen molar-refractivity contribution >= 4 is 11.5 Å². The second-order valence-electron chi connectivity index (χ2n) is 5.96. The fraction of sp³-hybridized carbons (Fsp3) is 0.786. The van der Waals surface area contributed by atoms with E-state index in [-0.39, 0.29) is 0 Å². The molecule has 2 unspecified atom stereocenters. The molecule has 2 rings (SSSR count). The Morgan fingerprint density at radius 3 is 2.58 bits per heavy atom. The topological polar surface area (TPSA) is 50.3 Å². The van der Waals surface area contributed by atoms with Gasteiger partial charge in [-0.3, -0.25) is 0 Å². The number of nitrogens with two attached hydrogens (primary N) is 1. The van der Waals surface area contributed by atoms with Crippen LogP contribution in [0.25, 0.3) is 0 Å². The normalized spacial score (nSPS) is 23.6. The molecule has 1 saturated heterocycles. The maximum absolute atomic E-state index is 6.24. The van der Waals surface area contributed by atoms with E-state index in [1.165, 1.54) is 0 Å². The van der Waals surface area contributed by atoms with E-state index < -0.39 is 0 Å². The van der Waals surface area contributed by atoms with Gasteiger partial charge in [0, 0.05) is 25.7 Å². The Labute approximate surface area is 116 Å². The van der Waals surface area contributed by atoms with E-state index in [9.17, 15) is 0 Å². The number of aromatic nitrogens is 2. The Morgan fingerprint density at radius 2 is 2.05 bits per heavy atom. The zero-order chi connectivity index (χ0) is 14.2. The molecule has 1 aliphatic rings. The van der Waals surface area contributed by atoms with Crippen molar-refractivity contribution in [2.45, 2.75) is 39.8 Å². The molecule has 0 aliphatic carbocycles. The van der Waals surface area contributed by atoms with Gasteiger partial charge in [0.05, 0.1) is 11.4 Å². The first kappa shape index (κ1) is 14.2. The van der Waals surface area contributed by atoms with E-state index in [1.807, 2.05) is 6.92 Å². The summed E-state index contributed by atoms with van der Waals surface area (Å²) in [7, 11) is 4.31. The van der Waals surface area contributed by atoms with Crippen molar-refractivity contribution in [2.75, 3.05) is 37.8 Å². The number of hydrogen-bond acceptors (Lipinski definition) is 4. The monoisotopic (exact) mass is 265 g/mol. The van der Waals surface area contributed by atoms with Crippen molar-refractivity contribution in [1.82, 2.24) is 14.7 Å². The number of nitrogens with zero attached hydrogens (tertiary/aromatic N) is 4. The van der Waals surface area contributed by atoms with Crippen LogP contribution in [0.4, 0.5) is 11.5 Å². The van der Waals surface area contributed by atoms with Crippen molar-refractivity contribution in [2.24, 2.45) is 5.92 Å². The molecule has 2 atom stereocenters. The molecule has 2 N–H and O–H groups in total. The summed E-state index contributed by atoms with van der Waals surface area (Å²) >= 11 is 0. The van der Waals surface area contributed by atoms with Crippen molar-refractivity contribution in [1.29, 1.82) is 0 Å². The Morgan fingerprint density at radius 1 is 1.37 bits per heavy atom. The molecule has 0 bridgehead atoms. The first-order valence-corrected chi connectivity index (χ1v) is 7.20. The van der Waals surface area contributed by atoms with Crippen LogP contribution in [0.3, 0.4) is 0 Å². The van der Waals surface area contributed by atoms with Crippen LogP contribution in [-0.2, 0) is 6.54 Å². The fourth-order valence-electron chi connectivity index (χ4n) is 3.08. The molecule has 0 saturated carbocycles. The third-order valence-electron chi connectivity index (χ3n) is 4.12. The minimum Gasteiger partial charge on any atom is -0.394 e. The second-order valence-corrected chi connectivity index (χ2v) is 5.96. The summed E-state index contributed by atoms with van der Waals surface area (Å²) in [5.74, 6) is 1.77. The molecule has 19 heavy (non-hydrogen) atoms. The third kappa shape index (κ3) is 2.56.